The molecule has 19 heavy (non-hydrogen) atoms. The molecule has 0 aliphatic heterocycles. The monoisotopic (exact) mass is 265 g/mol. The summed E-state index contributed by atoms with van der Waals surface area (Å²) in [5, 5.41) is 2.65. The van der Waals surface area contributed by atoms with Crippen LogP contribution in [0.1, 0.15) is 30.6 Å². The average Bonchev–Trinajstić information content (AvgIpc) is 2.44. The first-order chi connectivity index (χ1) is 9.04. The molecule has 1 N–H and O–H groups in total. The normalized spacial score (nSPS) is 11.6. The van der Waals surface area contributed by atoms with E-state index < -0.39 is 6.04 Å². The van der Waals surface area contributed by atoms with Gasteiger partial charge < -0.3 is 14.8 Å². The molecule has 0 bridgehead atoms. The van der Waals surface area contributed by atoms with E-state index in [1.807, 2.05) is 0 Å². The first kappa shape index (κ1) is 15.0. The second-order valence-corrected chi connectivity index (χ2v) is 4.06. The van der Waals surface area contributed by atoms with E-state index in [4.69, 9.17) is 9.47 Å². The minimum atomic E-state index is -0.520. The minimum absolute atomic E-state index is 0.0183. The maximum absolute atomic E-state index is 12.1. The van der Waals surface area contributed by atoms with E-state index in [-0.39, 0.29) is 11.7 Å². The van der Waals surface area contributed by atoms with Gasteiger partial charge in [0.1, 0.15) is 0 Å². The van der Waals surface area contributed by atoms with Crippen LogP contribution >= 0.6 is 0 Å². The zero-order valence-electron chi connectivity index (χ0n) is 11.6. The van der Waals surface area contributed by atoms with E-state index in [1.54, 1.807) is 32.0 Å². The lowest BCUT2D eigenvalue weighted by molar-refractivity contribution is -0.120. The molecule has 1 rings (SSSR count). The van der Waals surface area contributed by atoms with Crippen molar-refractivity contribution in [1.82, 2.24) is 5.32 Å². The fraction of sp³-hybridized carbons (Fsp3) is 0.429. The van der Waals surface area contributed by atoms with Crippen LogP contribution in [0, 0.1) is 0 Å². The maximum Gasteiger partial charge on any atom is 0.255 e. The minimum Gasteiger partial charge on any atom is -0.493 e. The topological polar surface area (TPSA) is 64.6 Å². The van der Waals surface area contributed by atoms with Crippen LogP contribution in [0.2, 0.25) is 0 Å². The van der Waals surface area contributed by atoms with Crippen LogP contribution in [-0.2, 0) is 4.79 Å². The zero-order valence-corrected chi connectivity index (χ0v) is 11.6. The Morgan fingerprint density at radius 3 is 2.47 bits per heavy atom. The molecule has 0 heterocycles. The van der Waals surface area contributed by atoms with Crippen molar-refractivity contribution in [2.45, 2.75) is 26.3 Å². The first-order valence-electron chi connectivity index (χ1n) is 6.09. The molecule has 0 aromatic heterocycles. The molecular weight excluding hydrogens is 246 g/mol. The third-order valence-corrected chi connectivity index (χ3v) is 2.83. The summed E-state index contributed by atoms with van der Waals surface area (Å²) in [5.74, 6) is 0.462. The highest BCUT2D eigenvalue weighted by molar-refractivity contribution is 6.00. The Labute approximate surface area is 112 Å². The quantitative estimate of drug-likeness (QED) is 0.851. The number of ketones is 1. The van der Waals surface area contributed by atoms with Crippen molar-refractivity contribution in [2.24, 2.45) is 0 Å². The molecule has 0 aliphatic carbocycles. The van der Waals surface area contributed by atoms with Crippen molar-refractivity contribution in [3.63, 3.8) is 0 Å². The van der Waals surface area contributed by atoms with Gasteiger partial charge in [0, 0.05) is 6.42 Å². The number of hydrogen-bond donors (Lipinski definition) is 1. The molecule has 0 aliphatic rings. The van der Waals surface area contributed by atoms with Gasteiger partial charge >= 0.3 is 0 Å². The maximum atomic E-state index is 12.1. The largest absolute Gasteiger partial charge is 0.493 e. The van der Waals surface area contributed by atoms with Gasteiger partial charge in [-0.05, 0) is 19.1 Å². The van der Waals surface area contributed by atoms with Gasteiger partial charge in [-0.1, -0.05) is 13.0 Å². The predicted molar refractivity (Wildman–Crippen MR) is 71.8 cm³/mol. The number of methoxy groups -OCH3 is 2. The van der Waals surface area contributed by atoms with Crippen LogP contribution in [0.4, 0.5) is 0 Å². The van der Waals surface area contributed by atoms with Crippen LogP contribution in [0.5, 0.6) is 11.5 Å². The highest BCUT2D eigenvalue weighted by Crippen LogP contribution is 2.30. The molecule has 5 heteroatoms. The molecule has 1 aromatic carbocycles. The number of Topliss-reactive ketones (excluding diaryl/α,β-unsaturated/α-hetero) is 1. The van der Waals surface area contributed by atoms with E-state index in [1.165, 1.54) is 14.2 Å². The molecule has 0 fully saturated rings. The molecular formula is C14H19NO4. The summed E-state index contributed by atoms with van der Waals surface area (Å²) in [4.78, 5) is 23.6. The highest BCUT2D eigenvalue weighted by Gasteiger charge is 2.19. The van der Waals surface area contributed by atoms with Crippen molar-refractivity contribution < 1.29 is 19.1 Å². The Bertz CT molecular complexity index is 471. The van der Waals surface area contributed by atoms with Crippen LogP contribution < -0.4 is 14.8 Å². The number of carbonyl (C=O) groups is 2. The van der Waals surface area contributed by atoms with Gasteiger partial charge in [-0.25, -0.2) is 0 Å². The molecule has 5 nitrogen and oxygen atoms in total. The zero-order chi connectivity index (χ0) is 14.4. The van der Waals surface area contributed by atoms with E-state index in [9.17, 15) is 9.59 Å². The summed E-state index contributed by atoms with van der Waals surface area (Å²) in [7, 11) is 2.97. The molecule has 0 saturated carbocycles. The van der Waals surface area contributed by atoms with E-state index in [0.29, 0.717) is 23.5 Å². The molecule has 1 amide bonds. The third kappa shape index (κ3) is 3.47. The smallest absolute Gasteiger partial charge is 0.255 e. The van der Waals surface area contributed by atoms with E-state index in [0.717, 1.165) is 0 Å². The lowest BCUT2D eigenvalue weighted by atomic mass is 10.1. The third-order valence-electron chi connectivity index (χ3n) is 2.83. The number of carbonyl (C=O) groups excluding carboxylic acids is 2. The SMILES string of the molecule is CCC(=O)C(C)NC(=O)c1cccc(OC)c1OC. The molecule has 1 atom stereocenters. The van der Waals surface area contributed by atoms with Gasteiger partial charge in [0.25, 0.3) is 5.91 Å². The van der Waals surface area contributed by atoms with Crippen LogP contribution in [0.3, 0.4) is 0 Å². The lowest BCUT2D eigenvalue weighted by Crippen LogP contribution is -2.38. The van der Waals surface area contributed by atoms with Gasteiger partial charge in [0.05, 0.1) is 25.8 Å². The molecule has 1 aromatic rings. The number of hydrogen-bond acceptors (Lipinski definition) is 4. The van der Waals surface area contributed by atoms with Crippen molar-refractivity contribution in [1.29, 1.82) is 0 Å². The molecule has 0 radical (unpaired) electrons. The fourth-order valence-electron chi connectivity index (χ4n) is 1.73. The first-order valence-corrected chi connectivity index (χ1v) is 6.09. The van der Waals surface area contributed by atoms with Crippen molar-refractivity contribution in [3.05, 3.63) is 23.8 Å². The standard InChI is InChI=1S/C14H19NO4/c1-5-11(16)9(2)15-14(17)10-7-6-8-12(18-3)13(10)19-4/h6-9H,5H2,1-4H3,(H,15,17). The van der Waals surface area contributed by atoms with Crippen LogP contribution in [0.15, 0.2) is 18.2 Å². The average molecular weight is 265 g/mol. The number of benzene rings is 1. The van der Waals surface area contributed by atoms with Crippen LogP contribution in [-0.4, -0.2) is 32.0 Å². The van der Waals surface area contributed by atoms with Gasteiger partial charge in [-0.15, -0.1) is 0 Å². The van der Waals surface area contributed by atoms with Gasteiger partial charge in [0.15, 0.2) is 17.3 Å². The molecule has 1 unspecified atom stereocenters. The second-order valence-electron chi connectivity index (χ2n) is 4.06. The van der Waals surface area contributed by atoms with Gasteiger partial charge in [0.2, 0.25) is 0 Å². The van der Waals surface area contributed by atoms with E-state index in [2.05, 4.69) is 5.32 Å². The lowest BCUT2D eigenvalue weighted by Gasteiger charge is -2.15. The Balaban J connectivity index is 2.97. The van der Waals surface area contributed by atoms with Crippen molar-refractivity contribution in [3.8, 4) is 11.5 Å². The van der Waals surface area contributed by atoms with Crippen LogP contribution in [0.25, 0.3) is 0 Å². The summed E-state index contributed by atoms with van der Waals surface area (Å²) in [6.07, 6.45) is 0.386. The number of rotatable bonds is 6. The second kappa shape index (κ2) is 6.78. The Morgan fingerprint density at radius 1 is 1.26 bits per heavy atom. The van der Waals surface area contributed by atoms with E-state index >= 15 is 0 Å². The summed E-state index contributed by atoms with van der Waals surface area (Å²) in [6.45, 7) is 3.42. The summed E-state index contributed by atoms with van der Waals surface area (Å²) >= 11 is 0. The number of ether oxygens (including phenoxy) is 2. The van der Waals surface area contributed by atoms with Crippen molar-refractivity contribution in [2.75, 3.05) is 14.2 Å². The fourth-order valence-corrected chi connectivity index (χ4v) is 1.73. The summed E-state index contributed by atoms with van der Waals surface area (Å²) < 4.78 is 10.3. The summed E-state index contributed by atoms with van der Waals surface area (Å²) in [5.41, 5.74) is 0.345. The number of nitrogens with one attached hydrogen (secondary N) is 1. The van der Waals surface area contributed by atoms with Gasteiger partial charge in [-0.3, -0.25) is 9.59 Å². The molecule has 0 saturated heterocycles. The van der Waals surface area contributed by atoms with Crippen molar-refractivity contribution >= 4 is 11.7 Å². The summed E-state index contributed by atoms with van der Waals surface area (Å²) in [6, 6.07) is 4.51. The van der Waals surface area contributed by atoms with Gasteiger partial charge in [-0.2, -0.15) is 0 Å². The molecule has 0 spiro atoms. The Kier molecular flexibility index (Phi) is 5.36. The Hall–Kier alpha value is -2.04. The predicted octanol–water partition coefficient (Wildman–Crippen LogP) is 1.80. The number of amides is 1. The molecule has 104 valence electrons. The number of para-hydroxylation sites is 1. The Morgan fingerprint density at radius 2 is 1.95 bits per heavy atom. The highest BCUT2D eigenvalue weighted by atomic mass is 16.5.